The highest BCUT2D eigenvalue weighted by atomic mass is 19.4. The van der Waals surface area contributed by atoms with Gasteiger partial charge in [0.1, 0.15) is 6.04 Å². The summed E-state index contributed by atoms with van der Waals surface area (Å²) >= 11 is 0. The molecule has 0 spiro atoms. The summed E-state index contributed by atoms with van der Waals surface area (Å²) in [5.41, 5.74) is 0. The lowest BCUT2D eigenvalue weighted by Gasteiger charge is -2.23. The number of hydrogen-bond donors (Lipinski definition) is 2. The molecule has 0 saturated heterocycles. The van der Waals surface area contributed by atoms with Crippen molar-refractivity contribution in [2.24, 2.45) is 5.92 Å². The van der Waals surface area contributed by atoms with Crippen LogP contribution in [0.4, 0.5) is 26.3 Å². The summed E-state index contributed by atoms with van der Waals surface area (Å²) in [5, 5.41) is 9.63. The van der Waals surface area contributed by atoms with Gasteiger partial charge in [0.05, 0.1) is 0 Å². The van der Waals surface area contributed by atoms with Crippen LogP contribution in [0.1, 0.15) is 13.3 Å². The largest absolute Gasteiger partial charge is 0.480 e. The van der Waals surface area contributed by atoms with E-state index in [9.17, 15) is 35.9 Å². The molecule has 0 fully saturated rings. The molecule has 0 bridgehead atoms. The number of nitrogens with one attached hydrogen (secondary N) is 1. The number of rotatable bonds is 4. The highest BCUT2D eigenvalue weighted by molar-refractivity contribution is 5.85. The molecule has 0 aliphatic carbocycles. The van der Waals surface area contributed by atoms with Crippen molar-refractivity contribution in [3.63, 3.8) is 0 Å². The van der Waals surface area contributed by atoms with Gasteiger partial charge in [-0.05, 0) is 6.42 Å². The number of carboxylic acid groups (broad SMARTS) is 1. The van der Waals surface area contributed by atoms with Crippen molar-refractivity contribution >= 4 is 11.9 Å². The lowest BCUT2D eigenvalue weighted by atomic mass is 10.1. The van der Waals surface area contributed by atoms with Gasteiger partial charge in [-0.25, -0.2) is 4.79 Å². The van der Waals surface area contributed by atoms with E-state index in [4.69, 9.17) is 5.11 Å². The maximum absolute atomic E-state index is 12.1. The zero-order valence-electron chi connectivity index (χ0n) is 8.89. The van der Waals surface area contributed by atoms with Crippen molar-refractivity contribution in [2.45, 2.75) is 31.7 Å². The summed E-state index contributed by atoms with van der Waals surface area (Å²) in [5.74, 6) is -8.38. The number of hydrogen-bond acceptors (Lipinski definition) is 2. The fraction of sp³-hybridized carbons (Fsp3) is 0.750. The standard InChI is InChI=1S/C8H9F6NO3/c1-2-3(6(17)18)15-5(16)4(7(9,10)11)8(12,13)14/h3-4H,2H2,1H3,(H,15,16)(H,17,18)/t3-/m1/s1. The van der Waals surface area contributed by atoms with Crippen molar-refractivity contribution < 1.29 is 41.0 Å². The molecule has 0 aromatic rings. The number of amides is 1. The van der Waals surface area contributed by atoms with Gasteiger partial charge in [0.25, 0.3) is 0 Å². The number of carbonyl (C=O) groups is 2. The Bertz CT molecular complexity index is 310. The smallest absolute Gasteiger partial charge is 0.409 e. The van der Waals surface area contributed by atoms with E-state index in [-0.39, 0.29) is 6.42 Å². The Morgan fingerprint density at radius 3 is 1.72 bits per heavy atom. The summed E-state index contributed by atoms with van der Waals surface area (Å²) in [7, 11) is 0. The molecule has 10 heteroatoms. The van der Waals surface area contributed by atoms with Crippen LogP contribution in [0.5, 0.6) is 0 Å². The Morgan fingerprint density at radius 2 is 1.50 bits per heavy atom. The van der Waals surface area contributed by atoms with Gasteiger partial charge in [0, 0.05) is 0 Å². The van der Waals surface area contributed by atoms with Gasteiger partial charge in [-0.2, -0.15) is 26.3 Å². The first-order chi connectivity index (χ1) is 7.91. The summed E-state index contributed by atoms with van der Waals surface area (Å²) in [6, 6.07) is -1.80. The second-order valence-electron chi connectivity index (χ2n) is 3.32. The summed E-state index contributed by atoms with van der Waals surface area (Å²) in [6.45, 7) is 1.19. The molecule has 0 aromatic heterocycles. The molecule has 2 N–H and O–H groups in total. The fourth-order valence-electron chi connectivity index (χ4n) is 1.08. The van der Waals surface area contributed by atoms with Gasteiger partial charge >= 0.3 is 18.3 Å². The highest BCUT2D eigenvalue weighted by Crippen LogP contribution is 2.39. The topological polar surface area (TPSA) is 66.4 Å². The molecule has 1 atom stereocenters. The first-order valence-corrected chi connectivity index (χ1v) is 4.57. The van der Waals surface area contributed by atoms with E-state index in [1.54, 1.807) is 0 Å². The van der Waals surface area contributed by atoms with Crippen LogP contribution in [0.25, 0.3) is 0 Å². The molecule has 1 amide bonds. The number of carboxylic acids is 1. The van der Waals surface area contributed by atoms with Crippen molar-refractivity contribution in [1.29, 1.82) is 0 Å². The van der Waals surface area contributed by atoms with E-state index < -0.39 is 36.2 Å². The monoisotopic (exact) mass is 281 g/mol. The number of aliphatic carboxylic acids is 1. The third kappa shape index (κ3) is 4.41. The Morgan fingerprint density at radius 1 is 1.11 bits per heavy atom. The molecule has 0 aliphatic heterocycles. The van der Waals surface area contributed by atoms with Crippen molar-refractivity contribution in [2.75, 3.05) is 0 Å². The van der Waals surface area contributed by atoms with Crippen LogP contribution < -0.4 is 5.32 Å². The quantitative estimate of drug-likeness (QED) is 0.771. The normalized spacial score (nSPS) is 14.4. The highest BCUT2D eigenvalue weighted by Gasteiger charge is 2.61. The summed E-state index contributed by atoms with van der Waals surface area (Å²) in [6.07, 6.45) is -12.0. The van der Waals surface area contributed by atoms with Crippen molar-refractivity contribution in [3.8, 4) is 0 Å². The minimum absolute atomic E-state index is 0.344. The summed E-state index contributed by atoms with van der Waals surface area (Å²) in [4.78, 5) is 21.3. The maximum atomic E-state index is 12.1. The minimum Gasteiger partial charge on any atom is -0.480 e. The van der Waals surface area contributed by atoms with Crippen LogP contribution in [-0.4, -0.2) is 35.4 Å². The maximum Gasteiger partial charge on any atom is 0.409 e. The lowest BCUT2D eigenvalue weighted by molar-refractivity contribution is -0.274. The van der Waals surface area contributed by atoms with E-state index in [1.165, 1.54) is 12.2 Å². The Hall–Kier alpha value is -1.48. The Balaban J connectivity index is 5.07. The van der Waals surface area contributed by atoms with Gasteiger partial charge in [0.15, 0.2) is 0 Å². The van der Waals surface area contributed by atoms with E-state index in [0.717, 1.165) is 0 Å². The first kappa shape index (κ1) is 16.5. The van der Waals surface area contributed by atoms with Crippen LogP contribution in [-0.2, 0) is 9.59 Å². The number of halogens is 6. The van der Waals surface area contributed by atoms with E-state index >= 15 is 0 Å². The molecule has 18 heavy (non-hydrogen) atoms. The van der Waals surface area contributed by atoms with Crippen LogP contribution in [0.15, 0.2) is 0 Å². The Labute approximate surface area is 97.0 Å². The second-order valence-corrected chi connectivity index (χ2v) is 3.32. The SMILES string of the molecule is CC[C@@H](NC(=O)C(C(F)(F)F)C(F)(F)F)C(=O)O. The van der Waals surface area contributed by atoms with Gasteiger partial charge in [0.2, 0.25) is 11.8 Å². The third-order valence-corrected chi connectivity index (χ3v) is 1.94. The zero-order chi connectivity index (χ0) is 14.7. The molecule has 0 aromatic carbocycles. The van der Waals surface area contributed by atoms with Gasteiger partial charge in [-0.1, -0.05) is 6.92 Å². The average molecular weight is 281 g/mol. The fourth-order valence-corrected chi connectivity index (χ4v) is 1.08. The molecule has 106 valence electrons. The molecular weight excluding hydrogens is 272 g/mol. The van der Waals surface area contributed by atoms with Crippen LogP contribution in [0.2, 0.25) is 0 Å². The van der Waals surface area contributed by atoms with Crippen molar-refractivity contribution in [3.05, 3.63) is 0 Å². The molecular formula is C8H9F6NO3. The first-order valence-electron chi connectivity index (χ1n) is 4.57. The average Bonchev–Trinajstić information content (AvgIpc) is 2.08. The van der Waals surface area contributed by atoms with Gasteiger partial charge in [-0.15, -0.1) is 0 Å². The van der Waals surface area contributed by atoms with E-state index in [2.05, 4.69) is 0 Å². The van der Waals surface area contributed by atoms with Crippen LogP contribution >= 0.6 is 0 Å². The number of carbonyl (C=O) groups excluding carboxylic acids is 1. The minimum atomic E-state index is -5.83. The molecule has 0 unspecified atom stereocenters. The molecule has 4 nitrogen and oxygen atoms in total. The Kier molecular flexibility index (Phi) is 4.99. The second kappa shape index (κ2) is 5.44. The zero-order valence-corrected chi connectivity index (χ0v) is 8.89. The summed E-state index contributed by atoms with van der Waals surface area (Å²) < 4.78 is 72.6. The molecule has 0 saturated carbocycles. The van der Waals surface area contributed by atoms with Gasteiger partial charge < -0.3 is 10.4 Å². The van der Waals surface area contributed by atoms with Gasteiger partial charge in [-0.3, -0.25) is 4.79 Å². The van der Waals surface area contributed by atoms with E-state index in [1.807, 2.05) is 0 Å². The number of alkyl halides is 6. The van der Waals surface area contributed by atoms with Crippen LogP contribution in [0.3, 0.4) is 0 Å². The molecule has 0 rings (SSSR count). The lowest BCUT2D eigenvalue weighted by Crippen LogP contribution is -2.52. The molecule has 0 radical (unpaired) electrons. The predicted molar refractivity (Wildman–Crippen MR) is 45.5 cm³/mol. The third-order valence-electron chi connectivity index (χ3n) is 1.94. The molecule has 0 heterocycles. The molecule has 0 aliphatic rings. The van der Waals surface area contributed by atoms with E-state index in [0.29, 0.717) is 0 Å². The predicted octanol–water partition coefficient (Wildman–Crippen LogP) is 1.71. The van der Waals surface area contributed by atoms with Crippen molar-refractivity contribution in [1.82, 2.24) is 5.32 Å². The van der Waals surface area contributed by atoms with Crippen LogP contribution in [0, 0.1) is 5.92 Å².